The van der Waals surface area contributed by atoms with Crippen molar-refractivity contribution in [1.29, 1.82) is 0 Å². The third kappa shape index (κ3) is 1.73. The van der Waals surface area contributed by atoms with Crippen molar-refractivity contribution in [2.24, 2.45) is 0 Å². The number of rotatable bonds is 2. The van der Waals surface area contributed by atoms with Crippen LogP contribution in [-0.2, 0) is 19.5 Å². The van der Waals surface area contributed by atoms with E-state index in [1.807, 2.05) is 14.1 Å². The van der Waals surface area contributed by atoms with E-state index in [0.29, 0.717) is 0 Å². The Balaban J connectivity index is 2.21. The van der Waals surface area contributed by atoms with E-state index in [-0.39, 0.29) is 0 Å². The minimum Gasteiger partial charge on any atom is -0.361 e. The molecule has 2 heterocycles. The highest BCUT2D eigenvalue weighted by Crippen LogP contribution is 2.18. The minimum absolute atomic E-state index is 0.862. The Bertz CT molecular complexity index is 293. The quantitative estimate of drug-likeness (QED) is 0.716. The van der Waals surface area contributed by atoms with Gasteiger partial charge in [-0.1, -0.05) is 5.16 Å². The summed E-state index contributed by atoms with van der Waals surface area (Å²) >= 11 is 0. The van der Waals surface area contributed by atoms with Crippen molar-refractivity contribution in [2.75, 3.05) is 20.6 Å². The van der Waals surface area contributed by atoms with Gasteiger partial charge >= 0.3 is 0 Å². The third-order valence-corrected chi connectivity index (χ3v) is 2.25. The molecule has 0 atom stereocenters. The van der Waals surface area contributed by atoms with Gasteiger partial charge < -0.3 is 14.7 Å². The number of hydrogen-bond acceptors (Lipinski definition) is 4. The Hall–Kier alpha value is -0.870. The second-order valence-corrected chi connectivity index (χ2v) is 3.70. The van der Waals surface area contributed by atoms with Crippen LogP contribution in [0.3, 0.4) is 0 Å². The van der Waals surface area contributed by atoms with E-state index in [9.17, 15) is 0 Å². The predicted molar refractivity (Wildman–Crippen MR) is 49.3 cm³/mol. The molecule has 4 heteroatoms. The molecule has 0 bridgehead atoms. The molecule has 0 radical (unpaired) electrons. The molecule has 13 heavy (non-hydrogen) atoms. The van der Waals surface area contributed by atoms with Crippen molar-refractivity contribution in [2.45, 2.75) is 19.5 Å². The molecule has 72 valence electrons. The Kier molecular flexibility index (Phi) is 2.33. The maximum Gasteiger partial charge on any atom is 0.142 e. The van der Waals surface area contributed by atoms with E-state index in [1.165, 1.54) is 5.56 Å². The summed E-state index contributed by atoms with van der Waals surface area (Å²) in [6, 6.07) is 0. The van der Waals surface area contributed by atoms with Gasteiger partial charge in [0.05, 0.1) is 0 Å². The molecule has 1 aliphatic heterocycles. The summed E-state index contributed by atoms with van der Waals surface area (Å²) < 4.78 is 5.27. The molecule has 1 aromatic heterocycles. The number of aromatic nitrogens is 1. The van der Waals surface area contributed by atoms with Crippen molar-refractivity contribution in [1.82, 2.24) is 15.4 Å². The van der Waals surface area contributed by atoms with Crippen LogP contribution in [0.25, 0.3) is 0 Å². The highest BCUT2D eigenvalue weighted by atomic mass is 16.5. The van der Waals surface area contributed by atoms with Crippen LogP contribution in [0.2, 0.25) is 0 Å². The molecule has 0 unspecified atom stereocenters. The average molecular weight is 181 g/mol. The van der Waals surface area contributed by atoms with Crippen molar-refractivity contribution in [3.63, 3.8) is 0 Å². The lowest BCUT2D eigenvalue weighted by Crippen LogP contribution is -2.24. The molecule has 0 fully saturated rings. The van der Waals surface area contributed by atoms with E-state index in [4.69, 9.17) is 4.52 Å². The van der Waals surface area contributed by atoms with Gasteiger partial charge in [0, 0.05) is 31.6 Å². The molecular weight excluding hydrogens is 166 g/mol. The summed E-state index contributed by atoms with van der Waals surface area (Å²) in [7, 11) is 4.08. The maximum absolute atomic E-state index is 5.27. The van der Waals surface area contributed by atoms with E-state index in [2.05, 4.69) is 15.4 Å². The van der Waals surface area contributed by atoms with E-state index >= 15 is 0 Å². The normalized spacial score (nSPS) is 16.2. The molecule has 1 aliphatic rings. The molecule has 2 rings (SSSR count). The van der Waals surface area contributed by atoms with Crippen LogP contribution in [-0.4, -0.2) is 30.7 Å². The molecule has 0 spiro atoms. The van der Waals surface area contributed by atoms with E-state index in [1.54, 1.807) is 0 Å². The summed E-state index contributed by atoms with van der Waals surface area (Å²) in [4.78, 5) is 2.10. The van der Waals surface area contributed by atoms with Gasteiger partial charge in [0.2, 0.25) is 0 Å². The number of hydrogen-bond donors (Lipinski definition) is 1. The molecule has 0 amide bonds. The molecule has 0 aromatic carbocycles. The first-order valence-electron chi connectivity index (χ1n) is 4.59. The first-order chi connectivity index (χ1) is 6.27. The van der Waals surface area contributed by atoms with Crippen LogP contribution in [0, 0.1) is 0 Å². The standard InChI is InChI=1S/C9H15N3O/c1-12(2)6-8-7-5-10-4-3-9(7)13-11-8/h10H,3-6H2,1-2H3. The SMILES string of the molecule is CN(C)Cc1noc2c1CNCC2. The smallest absolute Gasteiger partial charge is 0.142 e. The Morgan fingerprint density at radius 1 is 1.54 bits per heavy atom. The molecular formula is C9H15N3O. The van der Waals surface area contributed by atoms with Crippen molar-refractivity contribution < 1.29 is 4.52 Å². The summed E-state index contributed by atoms with van der Waals surface area (Å²) in [5, 5.41) is 7.40. The van der Waals surface area contributed by atoms with Gasteiger partial charge in [0.1, 0.15) is 11.5 Å². The van der Waals surface area contributed by atoms with Crippen LogP contribution in [0.5, 0.6) is 0 Å². The van der Waals surface area contributed by atoms with E-state index in [0.717, 1.165) is 37.5 Å². The summed E-state index contributed by atoms with van der Waals surface area (Å²) in [6.45, 7) is 2.77. The molecule has 1 N–H and O–H groups in total. The largest absolute Gasteiger partial charge is 0.361 e. The van der Waals surface area contributed by atoms with Gasteiger partial charge in [-0.15, -0.1) is 0 Å². The predicted octanol–water partition coefficient (Wildman–Crippen LogP) is 0.382. The summed E-state index contributed by atoms with van der Waals surface area (Å²) in [5.74, 6) is 1.07. The second kappa shape index (κ2) is 3.47. The first kappa shape index (κ1) is 8.72. The fraction of sp³-hybridized carbons (Fsp3) is 0.667. The van der Waals surface area contributed by atoms with Gasteiger partial charge in [0.25, 0.3) is 0 Å². The highest BCUT2D eigenvalue weighted by molar-refractivity contribution is 5.24. The second-order valence-electron chi connectivity index (χ2n) is 3.70. The van der Waals surface area contributed by atoms with Crippen LogP contribution in [0.4, 0.5) is 0 Å². The molecule has 4 nitrogen and oxygen atoms in total. The van der Waals surface area contributed by atoms with Crippen LogP contribution in [0.15, 0.2) is 4.52 Å². The lowest BCUT2D eigenvalue weighted by atomic mass is 10.1. The summed E-state index contributed by atoms with van der Waals surface area (Å²) in [5.41, 5.74) is 2.34. The lowest BCUT2D eigenvalue weighted by molar-refractivity contribution is 0.347. The lowest BCUT2D eigenvalue weighted by Gasteiger charge is -2.12. The maximum atomic E-state index is 5.27. The zero-order valence-electron chi connectivity index (χ0n) is 8.13. The third-order valence-electron chi connectivity index (χ3n) is 2.25. The highest BCUT2D eigenvalue weighted by Gasteiger charge is 2.18. The zero-order chi connectivity index (χ0) is 9.26. The van der Waals surface area contributed by atoms with Crippen molar-refractivity contribution in [3.8, 4) is 0 Å². The molecule has 1 aromatic rings. The monoisotopic (exact) mass is 181 g/mol. The average Bonchev–Trinajstić information content (AvgIpc) is 2.48. The number of nitrogens with zero attached hydrogens (tertiary/aromatic N) is 2. The molecule has 0 saturated heterocycles. The minimum atomic E-state index is 0.862. The molecule has 0 aliphatic carbocycles. The Morgan fingerprint density at radius 3 is 3.15 bits per heavy atom. The molecule has 0 saturated carbocycles. The first-order valence-corrected chi connectivity index (χ1v) is 4.59. The van der Waals surface area contributed by atoms with Crippen LogP contribution < -0.4 is 5.32 Å². The Morgan fingerprint density at radius 2 is 2.38 bits per heavy atom. The Labute approximate surface area is 77.9 Å². The summed E-state index contributed by atoms with van der Waals surface area (Å²) in [6.07, 6.45) is 0.968. The zero-order valence-corrected chi connectivity index (χ0v) is 8.13. The van der Waals surface area contributed by atoms with Crippen molar-refractivity contribution >= 4 is 0 Å². The fourth-order valence-corrected chi connectivity index (χ4v) is 1.62. The van der Waals surface area contributed by atoms with Crippen LogP contribution in [0.1, 0.15) is 17.0 Å². The van der Waals surface area contributed by atoms with Gasteiger partial charge in [-0.05, 0) is 14.1 Å². The van der Waals surface area contributed by atoms with Gasteiger partial charge in [0.15, 0.2) is 0 Å². The number of nitrogens with one attached hydrogen (secondary N) is 1. The fourth-order valence-electron chi connectivity index (χ4n) is 1.62. The van der Waals surface area contributed by atoms with E-state index < -0.39 is 0 Å². The van der Waals surface area contributed by atoms with Gasteiger partial charge in [-0.3, -0.25) is 0 Å². The number of fused-ring (bicyclic) bond motifs is 1. The van der Waals surface area contributed by atoms with Gasteiger partial charge in [-0.25, -0.2) is 0 Å². The topological polar surface area (TPSA) is 41.3 Å². The van der Waals surface area contributed by atoms with Gasteiger partial charge in [-0.2, -0.15) is 0 Å². The van der Waals surface area contributed by atoms with Crippen molar-refractivity contribution in [3.05, 3.63) is 17.0 Å². The van der Waals surface area contributed by atoms with Crippen LogP contribution >= 0.6 is 0 Å².